The Morgan fingerprint density at radius 2 is 1.30 bits per heavy atom. The zero-order chi connectivity index (χ0) is 14.4. The molecule has 0 unspecified atom stereocenters. The molecule has 0 aliphatic heterocycles. The highest BCUT2D eigenvalue weighted by Gasteiger charge is 2.20. The van der Waals surface area contributed by atoms with E-state index in [-0.39, 0.29) is 24.8 Å². The van der Waals surface area contributed by atoms with Gasteiger partial charge in [0.2, 0.25) is 0 Å². The maximum absolute atomic E-state index is 12.9. The number of halogens is 2. The predicted octanol–water partition coefficient (Wildman–Crippen LogP) is 4.36. The van der Waals surface area contributed by atoms with Crippen LogP contribution in [0.2, 0.25) is 0 Å². The monoisotopic (exact) mass is 297 g/mol. The van der Waals surface area contributed by atoms with Crippen molar-refractivity contribution in [2.24, 2.45) is 0 Å². The first kappa shape index (κ1) is 14.7. The van der Waals surface area contributed by atoms with Gasteiger partial charge in [-0.05, 0) is 35.4 Å². The van der Waals surface area contributed by atoms with Crippen LogP contribution in [0, 0.1) is 11.6 Å². The molecule has 0 spiro atoms. The lowest BCUT2D eigenvalue weighted by atomic mass is 10.2. The lowest BCUT2D eigenvalue weighted by Crippen LogP contribution is -1.91. The van der Waals surface area contributed by atoms with Crippen LogP contribution in [-0.4, -0.2) is 0 Å². The Morgan fingerprint density at radius 1 is 0.850 bits per heavy atom. The minimum atomic E-state index is -2.34. The number of hydrogen-bond acceptors (Lipinski definition) is 3. The van der Waals surface area contributed by atoms with E-state index in [1.54, 1.807) is 12.1 Å². The van der Waals surface area contributed by atoms with E-state index in [0.29, 0.717) is 11.1 Å². The molecule has 0 bridgehead atoms. The summed E-state index contributed by atoms with van der Waals surface area (Å²) in [5, 5.41) is 0. The average Bonchev–Trinajstić information content (AvgIpc) is 2.43. The minimum absolute atomic E-state index is 0.0177. The Balaban J connectivity index is 1.78. The van der Waals surface area contributed by atoms with Crippen molar-refractivity contribution in [3.8, 4) is 0 Å². The van der Waals surface area contributed by atoms with Crippen LogP contribution >= 0.6 is 8.25 Å². The van der Waals surface area contributed by atoms with Gasteiger partial charge in [0.1, 0.15) is 24.8 Å². The lowest BCUT2D eigenvalue weighted by Gasteiger charge is -1.96. The van der Waals surface area contributed by atoms with Crippen molar-refractivity contribution in [2.75, 3.05) is 0 Å². The largest absolute Gasteiger partial charge is 0.698 e. The van der Waals surface area contributed by atoms with Crippen molar-refractivity contribution >= 4 is 8.25 Å². The van der Waals surface area contributed by atoms with E-state index in [9.17, 15) is 13.3 Å². The van der Waals surface area contributed by atoms with Gasteiger partial charge in [0, 0.05) is 4.57 Å². The molecule has 2 aromatic rings. The first-order valence-corrected chi connectivity index (χ1v) is 6.95. The normalized spacial score (nSPS) is 10.5. The van der Waals surface area contributed by atoms with Crippen LogP contribution in [0.5, 0.6) is 0 Å². The second-order valence-electron chi connectivity index (χ2n) is 4.03. The molecule has 2 rings (SSSR count). The van der Waals surface area contributed by atoms with E-state index in [1.807, 2.05) is 0 Å². The van der Waals surface area contributed by atoms with E-state index in [4.69, 9.17) is 9.05 Å². The molecule has 0 aromatic heterocycles. The maximum Gasteiger partial charge on any atom is 0.698 e. The van der Waals surface area contributed by atoms with E-state index in [2.05, 4.69) is 0 Å². The van der Waals surface area contributed by atoms with Gasteiger partial charge >= 0.3 is 8.25 Å². The highest BCUT2D eigenvalue weighted by atomic mass is 31.1. The second kappa shape index (κ2) is 7.20. The van der Waals surface area contributed by atoms with E-state index in [0.717, 1.165) is 0 Å². The van der Waals surface area contributed by atoms with Gasteiger partial charge < -0.3 is 0 Å². The van der Waals surface area contributed by atoms with Crippen molar-refractivity contribution in [3.05, 3.63) is 71.3 Å². The molecule has 3 nitrogen and oxygen atoms in total. The Bertz CT molecular complexity index is 553. The fourth-order valence-corrected chi connectivity index (χ4v) is 2.13. The van der Waals surface area contributed by atoms with Gasteiger partial charge in [-0.2, -0.15) is 0 Å². The van der Waals surface area contributed by atoms with E-state index >= 15 is 0 Å². The Hall–Kier alpha value is -1.68. The van der Waals surface area contributed by atoms with Gasteiger partial charge in [-0.1, -0.05) is 24.3 Å². The van der Waals surface area contributed by atoms with Crippen LogP contribution in [0.4, 0.5) is 8.78 Å². The molecule has 6 heteroatoms. The summed E-state index contributed by atoms with van der Waals surface area (Å²) in [5.74, 6) is -0.774. The molecule has 0 N–H and O–H groups in total. The minimum Gasteiger partial charge on any atom is -0.207 e. The number of rotatable bonds is 6. The summed E-state index contributed by atoms with van der Waals surface area (Å²) in [5.41, 5.74) is 1.12. The molecule has 0 atom stereocenters. The van der Waals surface area contributed by atoms with Gasteiger partial charge in [-0.15, -0.1) is 9.05 Å². The molecule has 0 amide bonds. The standard InChI is InChI=1S/C14H12F2O3P/c15-13-5-1-3-11(7-13)9-18-20(17)19-10-12-4-2-6-14(16)8-12/h1-8H,9-10H2/q+1. The number of benzene rings is 2. The first-order valence-electron chi connectivity index (χ1n) is 5.85. The molecular formula is C14H12F2O3P+. The topological polar surface area (TPSA) is 35.5 Å². The summed E-state index contributed by atoms with van der Waals surface area (Å²) in [4.78, 5) is 0. The molecule has 0 fully saturated rings. The SMILES string of the molecule is O=[P+](OCc1cccc(F)c1)OCc1cccc(F)c1. The Labute approximate surface area is 116 Å². The molecule has 104 valence electrons. The fraction of sp³-hybridized carbons (Fsp3) is 0.143. The van der Waals surface area contributed by atoms with Crippen LogP contribution < -0.4 is 0 Å². The third-order valence-electron chi connectivity index (χ3n) is 2.45. The van der Waals surface area contributed by atoms with Gasteiger partial charge in [0.15, 0.2) is 0 Å². The quantitative estimate of drug-likeness (QED) is 0.743. The van der Waals surface area contributed by atoms with Crippen LogP contribution in [0.3, 0.4) is 0 Å². The summed E-state index contributed by atoms with van der Waals surface area (Å²) >= 11 is 0. The van der Waals surface area contributed by atoms with Crippen LogP contribution in [0.1, 0.15) is 11.1 Å². The smallest absolute Gasteiger partial charge is 0.207 e. The van der Waals surface area contributed by atoms with Crippen molar-refractivity contribution in [1.29, 1.82) is 0 Å². The molecule has 20 heavy (non-hydrogen) atoms. The highest BCUT2D eigenvalue weighted by molar-refractivity contribution is 7.33. The molecule has 2 aromatic carbocycles. The molecule has 0 saturated carbocycles. The van der Waals surface area contributed by atoms with Crippen molar-refractivity contribution in [1.82, 2.24) is 0 Å². The molecule has 0 aliphatic rings. The van der Waals surface area contributed by atoms with E-state index in [1.165, 1.54) is 36.4 Å². The zero-order valence-corrected chi connectivity index (χ0v) is 11.4. The molecule has 0 radical (unpaired) electrons. The molecule has 0 saturated heterocycles. The average molecular weight is 297 g/mol. The third-order valence-corrected chi connectivity index (χ3v) is 3.13. The predicted molar refractivity (Wildman–Crippen MR) is 70.0 cm³/mol. The molecule has 0 heterocycles. The van der Waals surface area contributed by atoms with E-state index < -0.39 is 8.25 Å². The summed E-state index contributed by atoms with van der Waals surface area (Å²) in [6.07, 6.45) is 0. The summed E-state index contributed by atoms with van der Waals surface area (Å²) in [7, 11) is -2.34. The van der Waals surface area contributed by atoms with Gasteiger partial charge in [-0.3, -0.25) is 0 Å². The number of hydrogen-bond donors (Lipinski definition) is 0. The Morgan fingerprint density at radius 3 is 1.70 bits per heavy atom. The fourth-order valence-electron chi connectivity index (χ4n) is 1.55. The van der Waals surface area contributed by atoms with Crippen molar-refractivity contribution < 1.29 is 22.4 Å². The third kappa shape index (κ3) is 4.78. The van der Waals surface area contributed by atoms with Gasteiger partial charge in [0.25, 0.3) is 0 Å². The molecular weight excluding hydrogens is 285 g/mol. The second-order valence-corrected chi connectivity index (χ2v) is 4.99. The lowest BCUT2D eigenvalue weighted by molar-refractivity contribution is 0.212. The Kier molecular flexibility index (Phi) is 5.30. The summed E-state index contributed by atoms with van der Waals surface area (Å²) in [6.45, 7) is -0.0355. The van der Waals surface area contributed by atoms with Crippen LogP contribution in [-0.2, 0) is 26.8 Å². The van der Waals surface area contributed by atoms with Crippen LogP contribution in [0.15, 0.2) is 48.5 Å². The van der Waals surface area contributed by atoms with Crippen molar-refractivity contribution in [2.45, 2.75) is 13.2 Å². The molecule has 0 aliphatic carbocycles. The van der Waals surface area contributed by atoms with Crippen LogP contribution in [0.25, 0.3) is 0 Å². The van der Waals surface area contributed by atoms with Crippen molar-refractivity contribution in [3.63, 3.8) is 0 Å². The van der Waals surface area contributed by atoms with Gasteiger partial charge in [0.05, 0.1) is 0 Å². The maximum atomic E-state index is 12.9. The first-order chi connectivity index (χ1) is 9.63. The summed E-state index contributed by atoms with van der Waals surface area (Å²) < 4.78 is 47.2. The van der Waals surface area contributed by atoms with Gasteiger partial charge in [-0.25, -0.2) is 8.78 Å². The summed E-state index contributed by atoms with van der Waals surface area (Å²) in [6, 6.07) is 11.6. The zero-order valence-electron chi connectivity index (χ0n) is 10.5. The highest BCUT2D eigenvalue weighted by Crippen LogP contribution is 2.27.